The molecule has 1 aromatic heterocycles. The first kappa shape index (κ1) is 61.8. The Morgan fingerprint density at radius 1 is 0.716 bits per heavy atom. The number of fused-ring (bicyclic) bond motifs is 2. The summed E-state index contributed by atoms with van der Waals surface area (Å²) < 4.78 is 69.3. The number of imide groups is 1. The maximum Gasteiger partial charge on any atom is 0.435 e. The topological polar surface area (TPSA) is 213 Å². The summed E-state index contributed by atoms with van der Waals surface area (Å²) in [6.45, 7) is 21.9. The summed E-state index contributed by atoms with van der Waals surface area (Å²) in [5.41, 5.74) is -0.518. The number of para-hydroxylation sites is 1. The minimum Gasteiger partial charge on any atom is -0.464 e. The molecule has 81 heavy (non-hydrogen) atoms. The van der Waals surface area contributed by atoms with Crippen molar-refractivity contribution >= 4 is 54.6 Å². The number of aromatic nitrogens is 2. The highest BCUT2D eigenvalue weighted by atomic mass is 31.2. The summed E-state index contributed by atoms with van der Waals surface area (Å²) >= 11 is 0. The highest BCUT2D eigenvalue weighted by Gasteiger charge is 2.55. The molecule has 21 heteroatoms. The lowest BCUT2D eigenvalue weighted by molar-refractivity contribution is -0.157. The van der Waals surface area contributed by atoms with Crippen molar-refractivity contribution in [1.82, 2.24) is 19.6 Å². The van der Waals surface area contributed by atoms with Crippen LogP contribution in [0, 0.1) is 0 Å². The number of hydrogen-bond donors (Lipinski definition) is 0. The third-order valence-electron chi connectivity index (χ3n) is 12.7. The van der Waals surface area contributed by atoms with Crippen LogP contribution in [0.25, 0.3) is 10.9 Å². The Balaban J connectivity index is 1.32. The van der Waals surface area contributed by atoms with Crippen LogP contribution in [-0.2, 0) is 66.4 Å². The van der Waals surface area contributed by atoms with Crippen LogP contribution >= 0.6 is 7.60 Å². The van der Waals surface area contributed by atoms with Crippen LogP contribution in [0.3, 0.4) is 0 Å². The molecule has 7 rings (SSSR count). The molecule has 4 amide bonds. The molecule has 3 heterocycles. The first-order chi connectivity index (χ1) is 38.0. The van der Waals surface area contributed by atoms with E-state index in [1.165, 1.54) is 6.92 Å². The highest BCUT2D eigenvalue weighted by molar-refractivity contribution is 7.54. The van der Waals surface area contributed by atoms with Gasteiger partial charge in [0.25, 0.3) is 0 Å². The van der Waals surface area contributed by atoms with Gasteiger partial charge >= 0.3 is 37.9 Å². The molecule has 2 saturated heterocycles. The van der Waals surface area contributed by atoms with Crippen molar-refractivity contribution in [3.63, 3.8) is 0 Å². The SMILES string of the molecule is CCOC(=O)[C@H](C)OP(=O)(COCCCN1C(=O)N(Cc2ccc3c(c2)c(N(C(=O)OC(C)(C)C)C(=O)OC(C)(C)C)nn3C(=O)OC(C)(C)C)[C@H](Cc2ccccc2)[C@@H]2OC(C)(C)O[C@H]2[C@H]1Cc1ccccc1)Oc1ccccc1. The standard InChI is InChI=1S/C60H78N5O15P/c1-14-73-52(66)40(2)79-81(71,80-44-29-22-17-23-30-44)39-72-34-24-33-62-47(36-41-25-18-15-19-26-41)49-50(75-60(12,13)74-49)48(37-42-27-20-16-21-28-42)63(53(62)67)38-43-31-32-46-45(35-43)51(61-65(46)56(70)78-59(9,10)11)64(54(68)76-57(3,4)5)55(69)77-58(6,7)8/h15-23,25-32,35,40,47-50H,14,24,33-34,36-39H2,1-13H3/t40-,47+,48+,49-,50-,81?/m0/s1. The number of benzene rings is 4. The number of carbonyl (C=O) groups is 5. The van der Waals surface area contributed by atoms with Gasteiger partial charge in [-0.15, -0.1) is 5.10 Å². The fraction of sp³-hybridized carbons (Fsp3) is 0.500. The molecule has 2 aliphatic rings. The van der Waals surface area contributed by atoms with Crippen LogP contribution in [-0.4, -0.2) is 129 Å². The summed E-state index contributed by atoms with van der Waals surface area (Å²) in [7, 11) is -4.15. The Hall–Kier alpha value is -6.83. The zero-order valence-electron chi connectivity index (χ0n) is 48.7. The maximum atomic E-state index is 16.1. The number of esters is 1. The van der Waals surface area contributed by atoms with Crippen molar-refractivity contribution in [3.8, 4) is 5.75 Å². The molecular weight excluding hydrogens is 1060 g/mol. The van der Waals surface area contributed by atoms with E-state index in [9.17, 15) is 23.7 Å². The Labute approximate surface area is 474 Å². The minimum atomic E-state index is -4.15. The van der Waals surface area contributed by atoms with Crippen molar-refractivity contribution in [2.45, 2.75) is 169 Å². The lowest BCUT2D eigenvalue weighted by Gasteiger charge is -2.37. The predicted octanol–water partition coefficient (Wildman–Crippen LogP) is 12.1. The van der Waals surface area contributed by atoms with Crippen LogP contribution in [0.1, 0.15) is 113 Å². The van der Waals surface area contributed by atoms with Gasteiger partial charge in [0.15, 0.2) is 24.1 Å². The molecule has 2 fully saturated rings. The van der Waals surface area contributed by atoms with Crippen LogP contribution in [0.15, 0.2) is 109 Å². The maximum absolute atomic E-state index is 16.1. The smallest absolute Gasteiger partial charge is 0.435 e. The van der Waals surface area contributed by atoms with Crippen molar-refractivity contribution in [2.75, 3.05) is 31.0 Å². The molecule has 4 aromatic carbocycles. The van der Waals surface area contributed by atoms with Crippen molar-refractivity contribution < 1.29 is 70.7 Å². The van der Waals surface area contributed by atoms with E-state index < -0.39 is 91.2 Å². The number of rotatable bonds is 19. The number of ether oxygens (including phenoxy) is 7. The predicted molar refractivity (Wildman–Crippen MR) is 303 cm³/mol. The van der Waals surface area contributed by atoms with Crippen molar-refractivity contribution in [2.24, 2.45) is 0 Å². The molecular formula is C60H78N5O15P. The highest BCUT2D eigenvalue weighted by Crippen LogP contribution is 2.50. The van der Waals surface area contributed by atoms with E-state index >= 15 is 4.79 Å². The molecule has 0 spiro atoms. The van der Waals surface area contributed by atoms with E-state index in [0.29, 0.717) is 23.3 Å². The molecule has 1 unspecified atom stereocenters. The largest absolute Gasteiger partial charge is 0.464 e. The van der Waals surface area contributed by atoms with Crippen LogP contribution in [0.4, 0.5) is 25.0 Å². The molecule has 0 N–H and O–H groups in total. The zero-order valence-corrected chi connectivity index (χ0v) is 49.6. The van der Waals surface area contributed by atoms with Gasteiger partial charge in [0.2, 0.25) is 0 Å². The summed E-state index contributed by atoms with van der Waals surface area (Å²) in [5, 5.41) is 4.74. The van der Waals surface area contributed by atoms with E-state index in [0.717, 1.165) is 15.8 Å². The molecule has 0 radical (unpaired) electrons. The summed E-state index contributed by atoms with van der Waals surface area (Å²) in [5.74, 6) is -1.83. The molecule has 0 aliphatic carbocycles. The average Bonchev–Trinajstić information content (AvgIpc) is 3.91. The molecule has 438 valence electrons. The molecule has 6 atom stereocenters. The number of hydrogen-bond acceptors (Lipinski definition) is 16. The number of carbonyl (C=O) groups excluding carboxylic acids is 5. The third kappa shape index (κ3) is 16.7. The van der Waals surface area contributed by atoms with E-state index in [1.54, 1.807) is 128 Å². The Kier molecular flexibility index (Phi) is 19.5. The Morgan fingerprint density at radius 2 is 1.23 bits per heavy atom. The first-order valence-corrected chi connectivity index (χ1v) is 29.0. The Morgan fingerprint density at radius 3 is 1.75 bits per heavy atom. The van der Waals surface area contributed by atoms with Gasteiger partial charge in [-0.1, -0.05) is 84.9 Å². The average molecular weight is 1140 g/mol. The van der Waals surface area contributed by atoms with Crippen LogP contribution in [0.2, 0.25) is 0 Å². The van der Waals surface area contributed by atoms with Gasteiger partial charge in [0, 0.05) is 25.1 Å². The van der Waals surface area contributed by atoms with Crippen LogP contribution in [0.5, 0.6) is 5.75 Å². The van der Waals surface area contributed by atoms with Gasteiger partial charge in [-0.2, -0.15) is 9.58 Å². The van der Waals surface area contributed by atoms with E-state index in [-0.39, 0.29) is 61.2 Å². The van der Waals surface area contributed by atoms with Gasteiger partial charge in [0.05, 0.1) is 24.2 Å². The third-order valence-corrected chi connectivity index (χ3v) is 14.3. The number of urea groups is 1. The van der Waals surface area contributed by atoms with E-state index in [1.807, 2.05) is 74.5 Å². The lowest BCUT2D eigenvalue weighted by Crippen LogP contribution is -2.52. The minimum absolute atomic E-state index is 0.0155. The van der Waals surface area contributed by atoms with Gasteiger partial charge in [-0.05, 0) is 150 Å². The van der Waals surface area contributed by atoms with Gasteiger partial charge in [0.1, 0.15) is 34.8 Å². The second kappa shape index (κ2) is 25.5. The summed E-state index contributed by atoms with van der Waals surface area (Å²) in [4.78, 5) is 75.4. The molecule has 0 bridgehead atoms. The normalized spacial score (nSPS) is 19.4. The van der Waals surface area contributed by atoms with Crippen molar-refractivity contribution in [1.29, 1.82) is 0 Å². The van der Waals surface area contributed by atoms with Gasteiger partial charge in [-0.25, -0.2) is 28.5 Å². The lowest BCUT2D eigenvalue weighted by atomic mass is 9.91. The van der Waals surface area contributed by atoms with Crippen molar-refractivity contribution in [3.05, 3.63) is 126 Å². The second-order valence-electron chi connectivity index (χ2n) is 23.5. The fourth-order valence-corrected chi connectivity index (χ4v) is 11.0. The molecule has 2 aliphatic heterocycles. The summed E-state index contributed by atoms with van der Waals surface area (Å²) in [6, 6.07) is 31.4. The fourth-order valence-electron chi connectivity index (χ4n) is 9.52. The summed E-state index contributed by atoms with van der Waals surface area (Å²) in [6.07, 6.45) is -5.26. The van der Waals surface area contributed by atoms with Gasteiger partial charge < -0.3 is 47.5 Å². The zero-order chi connectivity index (χ0) is 59.1. The number of anilines is 1. The molecule has 20 nitrogen and oxygen atoms in total. The molecule has 0 saturated carbocycles. The quantitative estimate of drug-likeness (QED) is 0.0325. The monoisotopic (exact) mass is 1140 g/mol. The number of nitrogens with zero attached hydrogens (tertiary/aromatic N) is 5. The van der Waals surface area contributed by atoms with E-state index in [4.69, 9.17) is 42.2 Å². The second-order valence-corrected chi connectivity index (χ2v) is 25.3. The van der Waals surface area contributed by atoms with Gasteiger partial charge in [-0.3, -0.25) is 4.52 Å². The van der Waals surface area contributed by atoms with Crippen LogP contribution < -0.4 is 9.42 Å². The first-order valence-electron chi connectivity index (χ1n) is 27.3. The Bertz CT molecular complexity index is 3000. The number of amides is 4. The van der Waals surface area contributed by atoms with E-state index in [2.05, 4.69) is 5.10 Å². The molecule has 5 aromatic rings.